The lowest BCUT2D eigenvalue weighted by molar-refractivity contribution is 0.318. The molecule has 0 saturated heterocycles. The molecular weight excluding hydrogens is 334 g/mol. The maximum atomic E-state index is 9.73. The Hall–Kier alpha value is -3.29. The molecule has 8 heteroatoms. The second-order valence-corrected chi connectivity index (χ2v) is 6.09. The van der Waals surface area contributed by atoms with E-state index in [9.17, 15) is 10.3 Å². The minimum atomic E-state index is -0.0282. The van der Waals surface area contributed by atoms with E-state index in [0.29, 0.717) is 34.8 Å². The fraction of sp³-hybridized carbons (Fsp3) is 0.278. The van der Waals surface area contributed by atoms with Crippen LogP contribution in [-0.4, -0.2) is 31.1 Å². The van der Waals surface area contributed by atoms with E-state index in [1.165, 1.54) is 0 Å². The Morgan fingerprint density at radius 1 is 1.31 bits per heavy atom. The maximum absolute atomic E-state index is 9.73. The van der Waals surface area contributed by atoms with Gasteiger partial charge in [0.15, 0.2) is 5.84 Å². The van der Waals surface area contributed by atoms with Gasteiger partial charge in [0.05, 0.1) is 33.9 Å². The zero-order valence-corrected chi connectivity index (χ0v) is 15.1. The van der Waals surface area contributed by atoms with Crippen molar-refractivity contribution in [3.8, 4) is 22.7 Å². The average Bonchev–Trinajstić information content (AvgIpc) is 3.13. The Labute approximate surface area is 150 Å². The van der Waals surface area contributed by atoms with Gasteiger partial charge in [-0.3, -0.25) is 0 Å². The van der Waals surface area contributed by atoms with Gasteiger partial charge in [-0.2, -0.15) is 5.10 Å². The first-order chi connectivity index (χ1) is 12.4. The molecule has 0 saturated carbocycles. The summed E-state index contributed by atoms with van der Waals surface area (Å²) in [6, 6.07) is 5.02. The molecule has 0 radical (unpaired) electrons. The molecule has 2 aromatic heterocycles. The number of rotatable bonds is 4. The third kappa shape index (κ3) is 2.69. The molecule has 0 aliphatic carbocycles. The normalized spacial score (nSPS) is 11.9. The molecule has 0 amide bonds. The quantitative estimate of drug-likeness (QED) is 0.286. The molecule has 0 fully saturated rings. The van der Waals surface area contributed by atoms with Crippen LogP contribution in [-0.2, 0) is 6.42 Å². The van der Waals surface area contributed by atoms with Gasteiger partial charge in [0.2, 0.25) is 0 Å². The molecule has 26 heavy (non-hydrogen) atoms. The monoisotopic (exact) mass is 355 g/mol. The summed E-state index contributed by atoms with van der Waals surface area (Å²) < 4.78 is 7.06. The van der Waals surface area contributed by atoms with Gasteiger partial charge in [0.1, 0.15) is 11.5 Å². The summed E-state index contributed by atoms with van der Waals surface area (Å²) in [4.78, 5) is 0. The molecule has 8 nitrogen and oxygen atoms in total. The minimum absolute atomic E-state index is 0.0282. The van der Waals surface area contributed by atoms with Crippen LogP contribution in [0.5, 0.6) is 5.75 Å². The highest BCUT2D eigenvalue weighted by atomic mass is 16.5. The summed E-state index contributed by atoms with van der Waals surface area (Å²) in [5.74, 6) is 0.749. The van der Waals surface area contributed by atoms with Crippen molar-refractivity contribution in [1.29, 1.82) is 0 Å². The van der Waals surface area contributed by atoms with Crippen LogP contribution in [0.1, 0.15) is 35.2 Å². The molecule has 0 bridgehead atoms. The van der Waals surface area contributed by atoms with Gasteiger partial charge in [-0.15, -0.1) is 0 Å². The Morgan fingerprint density at radius 2 is 2.04 bits per heavy atom. The van der Waals surface area contributed by atoms with E-state index in [2.05, 4.69) is 10.3 Å². The molecule has 3 rings (SSSR count). The summed E-state index contributed by atoms with van der Waals surface area (Å²) in [6.07, 6.45) is 0.589. The van der Waals surface area contributed by atoms with Crippen molar-refractivity contribution in [2.75, 3.05) is 0 Å². The predicted octanol–water partition coefficient (Wildman–Crippen LogP) is 2.82. The molecule has 3 aromatic rings. The number of aryl methyl sites for hydroxylation is 4. The molecule has 4 N–H and O–H groups in total. The fourth-order valence-corrected chi connectivity index (χ4v) is 3.13. The lowest BCUT2D eigenvalue weighted by atomic mass is 10.0. The highest BCUT2D eigenvalue weighted by molar-refractivity contribution is 6.04. The summed E-state index contributed by atoms with van der Waals surface area (Å²) >= 11 is 0. The Bertz CT molecular complexity index is 981. The molecule has 0 aliphatic rings. The number of aromatic hydroxyl groups is 1. The van der Waals surface area contributed by atoms with Crippen LogP contribution < -0.4 is 5.73 Å². The van der Waals surface area contributed by atoms with E-state index in [4.69, 9.17) is 15.4 Å². The number of amidine groups is 1. The molecule has 1 aromatic carbocycles. The first-order valence-corrected chi connectivity index (χ1v) is 8.22. The van der Waals surface area contributed by atoms with Crippen LogP contribution in [0.4, 0.5) is 0 Å². The fourth-order valence-electron chi connectivity index (χ4n) is 3.13. The van der Waals surface area contributed by atoms with Crippen LogP contribution in [0.25, 0.3) is 16.9 Å². The van der Waals surface area contributed by atoms with Crippen molar-refractivity contribution in [3.63, 3.8) is 0 Å². The molecule has 2 heterocycles. The summed E-state index contributed by atoms with van der Waals surface area (Å²) in [7, 11) is 0. The number of phenols is 1. The van der Waals surface area contributed by atoms with E-state index >= 15 is 0 Å². The minimum Gasteiger partial charge on any atom is -0.508 e. The van der Waals surface area contributed by atoms with E-state index in [0.717, 1.165) is 16.8 Å². The van der Waals surface area contributed by atoms with Gasteiger partial charge >= 0.3 is 0 Å². The van der Waals surface area contributed by atoms with Gasteiger partial charge in [0.25, 0.3) is 0 Å². The first kappa shape index (κ1) is 17.5. The highest BCUT2D eigenvalue weighted by Gasteiger charge is 2.27. The van der Waals surface area contributed by atoms with Crippen LogP contribution in [0.2, 0.25) is 0 Å². The smallest absolute Gasteiger partial charge is 0.174 e. The Kier molecular flexibility index (Phi) is 4.41. The lowest BCUT2D eigenvalue weighted by Crippen LogP contribution is -2.16. The number of phenolic OH excluding ortho intramolecular Hbond substituents is 1. The second kappa shape index (κ2) is 6.55. The number of hydrogen-bond donors (Lipinski definition) is 3. The summed E-state index contributed by atoms with van der Waals surface area (Å²) in [5.41, 5.74) is 10.9. The molecule has 0 unspecified atom stereocenters. The Balaban J connectivity index is 2.44. The molecule has 136 valence electrons. The van der Waals surface area contributed by atoms with Crippen molar-refractivity contribution in [2.45, 2.75) is 34.1 Å². The number of nitrogens with two attached hydrogens (primary N) is 1. The van der Waals surface area contributed by atoms with E-state index in [1.807, 2.05) is 20.8 Å². The van der Waals surface area contributed by atoms with Crippen LogP contribution in [0, 0.1) is 20.8 Å². The topological polar surface area (TPSA) is 123 Å². The van der Waals surface area contributed by atoms with Gasteiger partial charge in [-0.1, -0.05) is 17.2 Å². The van der Waals surface area contributed by atoms with Crippen molar-refractivity contribution >= 4 is 5.84 Å². The van der Waals surface area contributed by atoms with Crippen LogP contribution in [0.15, 0.2) is 27.9 Å². The number of benzene rings is 1. The Morgan fingerprint density at radius 3 is 2.58 bits per heavy atom. The number of nitrogens with zero attached hydrogens (tertiary/aromatic N) is 4. The third-order valence-electron chi connectivity index (χ3n) is 4.34. The van der Waals surface area contributed by atoms with Gasteiger partial charge in [0, 0.05) is 0 Å². The molecule has 0 aliphatic heterocycles. The highest BCUT2D eigenvalue weighted by Crippen LogP contribution is 2.35. The average molecular weight is 355 g/mol. The standard InChI is InChI=1S/C18H21N5O3/c1-5-13-16(18(19)21-25)17(15-10(3)22-26-11(15)4)23(20-13)14-7-6-12(24)8-9(14)2/h6-8,24-25H,5H2,1-4H3,(H2,19,21). The van der Waals surface area contributed by atoms with Crippen molar-refractivity contribution in [2.24, 2.45) is 10.9 Å². The number of aromatic nitrogens is 3. The van der Waals surface area contributed by atoms with Crippen LogP contribution in [0.3, 0.4) is 0 Å². The summed E-state index contributed by atoms with van der Waals surface area (Å²) in [5, 5.41) is 30.9. The zero-order valence-electron chi connectivity index (χ0n) is 15.1. The predicted molar refractivity (Wildman–Crippen MR) is 96.8 cm³/mol. The van der Waals surface area contributed by atoms with E-state index < -0.39 is 0 Å². The number of oxime groups is 1. The van der Waals surface area contributed by atoms with Crippen molar-refractivity contribution < 1.29 is 14.8 Å². The second-order valence-electron chi connectivity index (χ2n) is 6.09. The lowest BCUT2D eigenvalue weighted by Gasteiger charge is -2.12. The molecule has 0 atom stereocenters. The third-order valence-corrected chi connectivity index (χ3v) is 4.34. The van der Waals surface area contributed by atoms with E-state index in [1.54, 1.807) is 29.8 Å². The van der Waals surface area contributed by atoms with Gasteiger partial charge < -0.3 is 20.6 Å². The maximum Gasteiger partial charge on any atom is 0.174 e. The van der Waals surface area contributed by atoms with Crippen molar-refractivity contribution in [1.82, 2.24) is 14.9 Å². The summed E-state index contributed by atoms with van der Waals surface area (Å²) in [6.45, 7) is 7.46. The largest absolute Gasteiger partial charge is 0.508 e. The SMILES string of the molecule is CCc1nn(-c2ccc(O)cc2C)c(-c2c(C)noc2C)c1/C(N)=N/O. The van der Waals surface area contributed by atoms with Crippen molar-refractivity contribution in [3.05, 3.63) is 46.5 Å². The number of hydrogen-bond acceptors (Lipinski definition) is 6. The zero-order chi connectivity index (χ0) is 19.0. The van der Waals surface area contributed by atoms with Gasteiger partial charge in [-0.25, -0.2) is 4.68 Å². The van der Waals surface area contributed by atoms with E-state index in [-0.39, 0.29) is 11.6 Å². The first-order valence-electron chi connectivity index (χ1n) is 8.22. The molecule has 0 spiro atoms. The molecular formula is C18H21N5O3. The van der Waals surface area contributed by atoms with Crippen LogP contribution >= 0.6 is 0 Å². The van der Waals surface area contributed by atoms with Gasteiger partial charge in [-0.05, 0) is 51.0 Å².